The number of imidazole rings is 1. The van der Waals surface area contributed by atoms with Crippen molar-refractivity contribution < 1.29 is 9.53 Å². The molecular weight excluding hydrogens is 334 g/mol. The molecule has 1 atom stereocenters. The third-order valence-corrected chi connectivity index (χ3v) is 5.52. The molecule has 2 aliphatic rings. The van der Waals surface area contributed by atoms with Crippen molar-refractivity contribution in [1.29, 1.82) is 0 Å². The summed E-state index contributed by atoms with van der Waals surface area (Å²) in [4.78, 5) is 20.4. The Labute approximate surface area is 151 Å². The molecule has 128 valence electrons. The first-order valence-corrected chi connectivity index (χ1v) is 9.17. The van der Waals surface area contributed by atoms with Gasteiger partial charge in [0.25, 0.3) is 5.91 Å². The van der Waals surface area contributed by atoms with Crippen LogP contribution in [0, 0.1) is 0 Å². The lowest BCUT2D eigenvalue weighted by Gasteiger charge is -2.35. The highest BCUT2D eigenvalue weighted by atomic mass is 32.2. The molecule has 0 bridgehead atoms. The maximum absolute atomic E-state index is 13.2. The van der Waals surface area contributed by atoms with Gasteiger partial charge >= 0.3 is 0 Å². The average Bonchev–Trinajstić information content (AvgIpc) is 3.11. The Morgan fingerprint density at radius 3 is 2.88 bits per heavy atom. The van der Waals surface area contributed by atoms with Gasteiger partial charge < -0.3 is 14.2 Å². The fraction of sp³-hybridized carbons (Fsp3) is 0.263. The number of allylic oxidation sites excluding steroid dienone is 2. The Bertz CT molecular complexity index is 839. The first-order chi connectivity index (χ1) is 12.3. The van der Waals surface area contributed by atoms with Crippen LogP contribution in [0.15, 0.2) is 59.9 Å². The Hall–Kier alpha value is -2.47. The summed E-state index contributed by atoms with van der Waals surface area (Å²) in [6.45, 7) is 1.16. The molecule has 1 unspecified atom stereocenters. The SMILES string of the molecule is COc1ccc(CN2Cc3cncn3C(C3=CC=CCS3)C2=O)cc1. The molecule has 1 amide bonds. The lowest BCUT2D eigenvalue weighted by atomic mass is 10.1. The minimum atomic E-state index is -0.306. The van der Waals surface area contributed by atoms with Gasteiger partial charge in [0.1, 0.15) is 11.8 Å². The van der Waals surface area contributed by atoms with Crippen LogP contribution < -0.4 is 4.74 Å². The van der Waals surface area contributed by atoms with E-state index in [9.17, 15) is 4.79 Å². The van der Waals surface area contributed by atoms with E-state index in [0.29, 0.717) is 13.1 Å². The van der Waals surface area contributed by atoms with Gasteiger partial charge in [0, 0.05) is 23.4 Å². The summed E-state index contributed by atoms with van der Waals surface area (Å²) in [6, 6.07) is 7.56. The van der Waals surface area contributed by atoms with E-state index < -0.39 is 0 Å². The van der Waals surface area contributed by atoms with Crippen molar-refractivity contribution in [3.8, 4) is 5.75 Å². The van der Waals surface area contributed by atoms with Crippen LogP contribution in [0.2, 0.25) is 0 Å². The number of aromatic nitrogens is 2. The molecule has 4 rings (SSSR count). The Morgan fingerprint density at radius 2 is 2.16 bits per heavy atom. The van der Waals surface area contributed by atoms with Crippen molar-refractivity contribution in [3.05, 3.63) is 71.2 Å². The van der Waals surface area contributed by atoms with Crippen molar-refractivity contribution in [2.24, 2.45) is 0 Å². The molecule has 0 fully saturated rings. The third kappa shape index (κ3) is 3.09. The number of amides is 1. The summed E-state index contributed by atoms with van der Waals surface area (Å²) < 4.78 is 7.21. The van der Waals surface area contributed by atoms with Crippen LogP contribution in [-0.2, 0) is 17.9 Å². The quantitative estimate of drug-likeness (QED) is 0.847. The maximum Gasteiger partial charge on any atom is 0.251 e. The van der Waals surface area contributed by atoms with Gasteiger partial charge in [-0.25, -0.2) is 4.98 Å². The van der Waals surface area contributed by atoms with Gasteiger partial charge in [-0.1, -0.05) is 30.4 Å². The number of hydrogen-bond acceptors (Lipinski definition) is 4. The van der Waals surface area contributed by atoms with Gasteiger partial charge in [0.05, 0.1) is 25.7 Å². The standard InChI is InChI=1S/C19H19N3O2S/c1-24-16-7-5-14(6-8-16)11-21-12-15-10-20-13-22(15)18(19(21)23)17-4-2-3-9-25-17/h2-8,10,13,18H,9,11-12H2,1H3. The summed E-state index contributed by atoms with van der Waals surface area (Å²) in [5.74, 6) is 1.84. The van der Waals surface area contributed by atoms with E-state index in [1.807, 2.05) is 52.1 Å². The number of nitrogens with zero attached hydrogens (tertiary/aromatic N) is 3. The molecular formula is C19H19N3O2S. The molecule has 25 heavy (non-hydrogen) atoms. The van der Waals surface area contributed by atoms with Crippen LogP contribution in [0.3, 0.4) is 0 Å². The highest BCUT2D eigenvalue weighted by molar-refractivity contribution is 8.03. The van der Waals surface area contributed by atoms with Gasteiger partial charge in [-0.15, -0.1) is 11.8 Å². The summed E-state index contributed by atoms with van der Waals surface area (Å²) in [5.41, 5.74) is 2.15. The van der Waals surface area contributed by atoms with Crippen LogP contribution in [-0.4, -0.2) is 33.2 Å². The molecule has 1 aromatic carbocycles. The van der Waals surface area contributed by atoms with E-state index in [1.165, 1.54) is 0 Å². The van der Waals surface area contributed by atoms with E-state index in [4.69, 9.17) is 4.74 Å². The fourth-order valence-electron chi connectivity index (χ4n) is 3.18. The number of carbonyl (C=O) groups excluding carboxylic acids is 1. The lowest BCUT2D eigenvalue weighted by Crippen LogP contribution is -2.42. The molecule has 0 spiro atoms. The monoisotopic (exact) mass is 353 g/mol. The van der Waals surface area contributed by atoms with Gasteiger partial charge in [-0.3, -0.25) is 4.79 Å². The fourth-order valence-corrected chi connectivity index (χ4v) is 4.12. The summed E-state index contributed by atoms with van der Waals surface area (Å²) >= 11 is 1.72. The summed E-state index contributed by atoms with van der Waals surface area (Å²) in [7, 11) is 1.65. The topological polar surface area (TPSA) is 47.4 Å². The van der Waals surface area contributed by atoms with Crippen molar-refractivity contribution in [2.75, 3.05) is 12.9 Å². The lowest BCUT2D eigenvalue weighted by molar-refractivity contribution is -0.136. The van der Waals surface area contributed by atoms with Gasteiger partial charge in [-0.2, -0.15) is 0 Å². The van der Waals surface area contributed by atoms with E-state index >= 15 is 0 Å². The van der Waals surface area contributed by atoms with Crippen LogP contribution in [0.25, 0.3) is 0 Å². The van der Waals surface area contributed by atoms with Crippen molar-refractivity contribution >= 4 is 17.7 Å². The number of fused-ring (bicyclic) bond motifs is 1. The van der Waals surface area contributed by atoms with E-state index in [0.717, 1.165) is 27.7 Å². The number of hydrogen-bond donors (Lipinski definition) is 0. The number of benzene rings is 1. The van der Waals surface area contributed by atoms with Gasteiger partial charge in [0.15, 0.2) is 0 Å². The molecule has 0 radical (unpaired) electrons. The normalized spacial score (nSPS) is 19.6. The maximum atomic E-state index is 13.2. The second kappa shape index (κ2) is 6.80. The van der Waals surface area contributed by atoms with Crippen LogP contribution in [0.4, 0.5) is 0 Å². The van der Waals surface area contributed by atoms with Crippen molar-refractivity contribution in [2.45, 2.75) is 19.1 Å². The van der Waals surface area contributed by atoms with Crippen LogP contribution in [0.5, 0.6) is 5.75 Å². The molecule has 1 aromatic heterocycles. The number of methoxy groups -OCH3 is 1. The largest absolute Gasteiger partial charge is 0.497 e. The highest BCUT2D eigenvalue weighted by Gasteiger charge is 2.35. The Kier molecular flexibility index (Phi) is 4.36. The summed E-state index contributed by atoms with van der Waals surface area (Å²) in [6.07, 6.45) is 9.79. The minimum absolute atomic E-state index is 0.121. The molecule has 0 saturated carbocycles. The Balaban J connectivity index is 1.62. The first-order valence-electron chi connectivity index (χ1n) is 8.18. The number of thioether (sulfide) groups is 1. The smallest absolute Gasteiger partial charge is 0.251 e. The summed E-state index contributed by atoms with van der Waals surface area (Å²) in [5, 5.41) is 0. The number of carbonyl (C=O) groups is 1. The van der Waals surface area contributed by atoms with Crippen LogP contribution in [0.1, 0.15) is 17.3 Å². The van der Waals surface area contributed by atoms with E-state index in [-0.39, 0.29) is 11.9 Å². The predicted molar refractivity (Wildman–Crippen MR) is 98.2 cm³/mol. The average molecular weight is 353 g/mol. The predicted octanol–water partition coefficient (Wildman–Crippen LogP) is 3.16. The first kappa shape index (κ1) is 16.0. The zero-order chi connectivity index (χ0) is 17.2. The molecule has 2 aliphatic heterocycles. The van der Waals surface area contributed by atoms with E-state index in [2.05, 4.69) is 11.1 Å². The third-order valence-electron chi connectivity index (χ3n) is 4.47. The van der Waals surface area contributed by atoms with E-state index in [1.54, 1.807) is 25.2 Å². The molecule has 2 aromatic rings. The molecule has 6 heteroatoms. The number of rotatable bonds is 4. The molecule has 0 aliphatic carbocycles. The second-order valence-corrected chi connectivity index (χ2v) is 7.14. The molecule has 5 nitrogen and oxygen atoms in total. The minimum Gasteiger partial charge on any atom is -0.497 e. The van der Waals surface area contributed by atoms with Crippen molar-refractivity contribution in [3.63, 3.8) is 0 Å². The zero-order valence-corrected chi connectivity index (χ0v) is 14.8. The molecule has 0 saturated heterocycles. The second-order valence-electron chi connectivity index (χ2n) is 6.05. The number of ether oxygens (including phenoxy) is 1. The molecule has 3 heterocycles. The zero-order valence-electron chi connectivity index (χ0n) is 14.0. The van der Waals surface area contributed by atoms with Crippen molar-refractivity contribution in [1.82, 2.24) is 14.5 Å². The Morgan fingerprint density at radius 1 is 1.32 bits per heavy atom. The van der Waals surface area contributed by atoms with Crippen LogP contribution >= 0.6 is 11.8 Å². The highest BCUT2D eigenvalue weighted by Crippen LogP contribution is 2.36. The molecule has 0 N–H and O–H groups in total. The van der Waals surface area contributed by atoms with Gasteiger partial charge in [0.2, 0.25) is 0 Å². The van der Waals surface area contributed by atoms with Gasteiger partial charge in [-0.05, 0) is 17.7 Å².